The van der Waals surface area contributed by atoms with Crippen molar-refractivity contribution in [2.75, 3.05) is 4.90 Å². The largest absolute Gasteiger partial charge is 0.446 e. The lowest BCUT2D eigenvalue weighted by atomic mass is 9.89. The van der Waals surface area contributed by atoms with E-state index in [4.69, 9.17) is 4.74 Å². The number of carbonyl (C=O) groups is 2. The summed E-state index contributed by atoms with van der Waals surface area (Å²) in [5, 5.41) is 0. The van der Waals surface area contributed by atoms with Gasteiger partial charge in [-0.1, -0.05) is 0 Å². The number of hydrogen-bond acceptors (Lipinski definition) is 3. The molecule has 0 N–H and O–H groups in total. The predicted octanol–water partition coefficient (Wildman–Crippen LogP) is 7.59. The molecule has 2 amide bonds. The smallest absolute Gasteiger partial charge is 0.416 e. The van der Waals surface area contributed by atoms with Crippen LogP contribution >= 0.6 is 0 Å². The first kappa shape index (κ1) is 30.1. The van der Waals surface area contributed by atoms with E-state index < -0.39 is 71.6 Å². The van der Waals surface area contributed by atoms with E-state index in [0.29, 0.717) is 18.2 Å². The monoisotopic (exact) mass is 570 g/mol. The van der Waals surface area contributed by atoms with Crippen molar-refractivity contribution < 1.29 is 53.8 Å². The number of rotatable bonds is 5. The van der Waals surface area contributed by atoms with E-state index in [1.807, 2.05) is 0 Å². The van der Waals surface area contributed by atoms with Crippen LogP contribution in [0.2, 0.25) is 0 Å². The molecule has 2 aromatic rings. The van der Waals surface area contributed by atoms with E-state index in [1.54, 1.807) is 13.8 Å². The maximum absolute atomic E-state index is 13.5. The molecule has 0 bridgehead atoms. The minimum absolute atomic E-state index is 0.0377. The summed E-state index contributed by atoms with van der Waals surface area (Å²) in [5.74, 6) is 0. The summed E-state index contributed by atoms with van der Waals surface area (Å²) in [6, 6.07) is 1.26. The van der Waals surface area contributed by atoms with Crippen LogP contribution in [0, 0.1) is 0 Å². The van der Waals surface area contributed by atoms with Crippen LogP contribution in [0.5, 0.6) is 0 Å². The molecule has 3 rings (SSSR count). The third-order valence-corrected chi connectivity index (χ3v) is 6.06. The van der Waals surface area contributed by atoms with Crippen LogP contribution in [0.1, 0.15) is 61.1 Å². The fraction of sp³-hybridized carbons (Fsp3) is 0.440. The zero-order valence-electron chi connectivity index (χ0n) is 20.7. The predicted molar refractivity (Wildman–Crippen MR) is 120 cm³/mol. The number of anilines is 1. The summed E-state index contributed by atoms with van der Waals surface area (Å²) in [7, 11) is 0. The van der Waals surface area contributed by atoms with Gasteiger partial charge in [-0.2, -0.15) is 39.5 Å². The molecule has 1 heterocycles. The van der Waals surface area contributed by atoms with Gasteiger partial charge in [0.25, 0.3) is 0 Å². The number of halogens is 9. The number of alkyl halides is 9. The van der Waals surface area contributed by atoms with E-state index in [0.717, 1.165) is 21.9 Å². The molecule has 0 unspecified atom stereocenters. The fourth-order valence-electron chi connectivity index (χ4n) is 4.40. The average molecular weight is 570 g/mol. The molecule has 0 aromatic heterocycles. The van der Waals surface area contributed by atoms with Gasteiger partial charge in [-0.05, 0) is 74.7 Å². The molecule has 0 saturated heterocycles. The lowest BCUT2D eigenvalue weighted by Crippen LogP contribution is -2.47. The molecule has 5 nitrogen and oxygen atoms in total. The maximum atomic E-state index is 13.5. The van der Waals surface area contributed by atoms with Crippen molar-refractivity contribution in [3.8, 4) is 0 Å². The van der Waals surface area contributed by atoms with Gasteiger partial charge in [0.2, 0.25) is 6.41 Å². The second-order valence-corrected chi connectivity index (χ2v) is 9.37. The van der Waals surface area contributed by atoms with Crippen molar-refractivity contribution in [1.29, 1.82) is 0 Å². The van der Waals surface area contributed by atoms with Crippen LogP contribution in [0.3, 0.4) is 0 Å². The molecule has 2 atom stereocenters. The molecule has 0 radical (unpaired) electrons. The van der Waals surface area contributed by atoms with Gasteiger partial charge >= 0.3 is 24.6 Å². The first-order chi connectivity index (χ1) is 17.8. The van der Waals surface area contributed by atoms with Crippen molar-refractivity contribution in [3.63, 3.8) is 0 Å². The minimum Gasteiger partial charge on any atom is -0.446 e. The van der Waals surface area contributed by atoms with Crippen LogP contribution in [0.15, 0.2) is 36.4 Å². The molecule has 0 fully saturated rings. The SMILES string of the molecule is CC(C)OC(=O)N1c2ccc(C(F)(F)F)cc2[C@@H](N(C=O)Cc2cc(C(F)(F)F)cc(C(F)(F)F)c2)C[C@H]1C. The summed E-state index contributed by atoms with van der Waals surface area (Å²) in [6.07, 6.45) is -16.6. The Kier molecular flexibility index (Phi) is 8.19. The quantitative estimate of drug-likeness (QED) is 0.275. The molecular weight excluding hydrogens is 547 g/mol. The molecule has 0 saturated carbocycles. The fourth-order valence-corrected chi connectivity index (χ4v) is 4.40. The second kappa shape index (κ2) is 10.6. The summed E-state index contributed by atoms with van der Waals surface area (Å²) in [4.78, 5) is 26.7. The van der Waals surface area contributed by atoms with Gasteiger partial charge in [-0.3, -0.25) is 9.69 Å². The second-order valence-electron chi connectivity index (χ2n) is 9.37. The normalized spacial score (nSPS) is 18.1. The molecule has 214 valence electrons. The number of fused-ring (bicyclic) bond motifs is 1. The van der Waals surface area contributed by atoms with E-state index in [-0.39, 0.29) is 30.1 Å². The van der Waals surface area contributed by atoms with Gasteiger partial charge in [0.1, 0.15) is 0 Å². The van der Waals surface area contributed by atoms with E-state index in [9.17, 15) is 49.1 Å². The van der Waals surface area contributed by atoms with Gasteiger partial charge in [0, 0.05) is 12.6 Å². The standard InChI is InChI=1S/C25H23F9N2O3/c1-13(2)39-22(38)36-14(3)6-21(19-10-16(23(26,27)28)4-5-20(19)36)35(12-37)11-15-7-17(24(29,30)31)9-18(8-15)25(32,33)34/h4-5,7-10,12-14,21H,6,11H2,1-3H3/t14-,21+/m1/s1. The van der Waals surface area contributed by atoms with Gasteiger partial charge in [-0.25, -0.2) is 4.79 Å². The number of amides is 2. The Morgan fingerprint density at radius 3 is 1.95 bits per heavy atom. The molecule has 0 spiro atoms. The van der Waals surface area contributed by atoms with Crippen molar-refractivity contribution in [3.05, 3.63) is 64.2 Å². The number of ether oxygens (including phenoxy) is 1. The lowest BCUT2D eigenvalue weighted by Gasteiger charge is -2.42. The van der Waals surface area contributed by atoms with Crippen LogP contribution in [0.4, 0.5) is 50.0 Å². The summed E-state index contributed by atoms with van der Waals surface area (Å²) in [6.45, 7) is 3.85. The van der Waals surface area contributed by atoms with Crippen LogP contribution < -0.4 is 4.90 Å². The van der Waals surface area contributed by atoms with Gasteiger partial charge in [0.05, 0.1) is 34.5 Å². The summed E-state index contributed by atoms with van der Waals surface area (Å²) in [5.41, 5.74) is -5.06. The Hall–Kier alpha value is -3.45. The Bertz CT molecular complexity index is 1190. The van der Waals surface area contributed by atoms with Crippen LogP contribution in [-0.4, -0.2) is 29.5 Å². The minimum atomic E-state index is -5.13. The van der Waals surface area contributed by atoms with Crippen molar-refractivity contribution in [2.24, 2.45) is 0 Å². The molecule has 14 heteroatoms. The number of hydrogen-bond donors (Lipinski definition) is 0. The lowest BCUT2D eigenvalue weighted by molar-refractivity contribution is -0.143. The Morgan fingerprint density at radius 2 is 1.49 bits per heavy atom. The van der Waals surface area contributed by atoms with Crippen molar-refractivity contribution >= 4 is 18.2 Å². The average Bonchev–Trinajstić information content (AvgIpc) is 2.79. The third kappa shape index (κ3) is 6.77. The van der Waals surface area contributed by atoms with E-state index in [2.05, 4.69) is 0 Å². The van der Waals surface area contributed by atoms with Crippen molar-refractivity contribution in [1.82, 2.24) is 4.90 Å². The van der Waals surface area contributed by atoms with Crippen LogP contribution in [-0.2, 0) is 34.6 Å². The highest BCUT2D eigenvalue weighted by molar-refractivity contribution is 5.90. The highest BCUT2D eigenvalue weighted by atomic mass is 19.4. The Morgan fingerprint density at radius 1 is 0.949 bits per heavy atom. The molecule has 1 aliphatic heterocycles. The zero-order chi connectivity index (χ0) is 29.5. The van der Waals surface area contributed by atoms with Crippen molar-refractivity contribution in [2.45, 2.75) is 70.5 Å². The van der Waals surface area contributed by atoms with E-state index >= 15 is 0 Å². The van der Waals surface area contributed by atoms with Gasteiger partial charge in [-0.15, -0.1) is 0 Å². The Balaban J connectivity index is 2.12. The molecule has 39 heavy (non-hydrogen) atoms. The van der Waals surface area contributed by atoms with Gasteiger partial charge in [0.15, 0.2) is 0 Å². The molecule has 2 aromatic carbocycles. The van der Waals surface area contributed by atoms with Gasteiger partial charge < -0.3 is 9.64 Å². The summed E-state index contributed by atoms with van der Waals surface area (Å²) >= 11 is 0. The van der Waals surface area contributed by atoms with E-state index in [1.165, 1.54) is 6.92 Å². The topological polar surface area (TPSA) is 49.9 Å². The first-order valence-corrected chi connectivity index (χ1v) is 11.5. The summed E-state index contributed by atoms with van der Waals surface area (Å²) < 4.78 is 126. The van der Waals surface area contributed by atoms with Crippen LogP contribution in [0.25, 0.3) is 0 Å². The first-order valence-electron chi connectivity index (χ1n) is 11.5. The molecular formula is C25H23F9N2O3. The number of benzene rings is 2. The highest BCUT2D eigenvalue weighted by Gasteiger charge is 2.41. The highest BCUT2D eigenvalue weighted by Crippen LogP contribution is 2.44. The zero-order valence-corrected chi connectivity index (χ0v) is 20.7. The maximum Gasteiger partial charge on any atom is 0.416 e. The third-order valence-electron chi connectivity index (χ3n) is 6.06. The molecule has 0 aliphatic carbocycles. The molecule has 1 aliphatic rings. The number of carbonyl (C=O) groups excluding carboxylic acids is 2. The Labute approximate surface area is 217 Å². The number of nitrogens with zero attached hydrogens (tertiary/aromatic N) is 2.